The van der Waals surface area contributed by atoms with Crippen molar-refractivity contribution in [1.82, 2.24) is 0 Å². The molecule has 1 nitrogen and oxygen atoms in total. The molecule has 0 spiro atoms. The minimum atomic E-state index is -7.30. The topological polar surface area (TPSA) is 20.2 Å². The highest BCUT2D eigenvalue weighted by atomic mass is 19.4. The van der Waals surface area contributed by atoms with E-state index in [1.54, 1.807) is 6.07 Å². The van der Waals surface area contributed by atoms with Crippen molar-refractivity contribution in [2.75, 3.05) is 0 Å². The van der Waals surface area contributed by atoms with E-state index in [4.69, 9.17) is 0 Å². The van der Waals surface area contributed by atoms with Gasteiger partial charge in [-0.2, -0.15) is 43.9 Å². The number of alkyl halides is 11. The van der Waals surface area contributed by atoms with Crippen molar-refractivity contribution in [3.8, 4) is 11.1 Å². The molecular weight excluding hydrogens is 477 g/mol. The molecule has 1 aliphatic rings. The standard InChI is InChI=1S/C21H15F11O/c1-15(33,14-10-6-5-9-13(14)12-7-3-2-4-8-12)11-16(22)17(23,24)19(27,28)21(31,32)20(29,30)18(16,25)26/h2-10,33H,11H2,1H3. The normalized spacial score (nSPS) is 25.7. The molecule has 0 amide bonds. The molecule has 12 heteroatoms. The molecule has 3 rings (SSSR count). The third-order valence-electron chi connectivity index (χ3n) is 5.75. The van der Waals surface area contributed by atoms with Crippen LogP contribution >= 0.6 is 0 Å². The van der Waals surface area contributed by atoms with Crippen LogP contribution in [-0.4, -0.2) is 40.4 Å². The molecule has 1 N–H and O–H groups in total. The van der Waals surface area contributed by atoms with Gasteiger partial charge in [0.2, 0.25) is 0 Å². The van der Waals surface area contributed by atoms with E-state index in [0.29, 0.717) is 6.92 Å². The van der Waals surface area contributed by atoms with Crippen molar-refractivity contribution in [2.24, 2.45) is 0 Å². The summed E-state index contributed by atoms with van der Waals surface area (Å²) in [5.74, 6) is -35.7. The highest BCUT2D eigenvalue weighted by Crippen LogP contribution is 2.71. The lowest BCUT2D eigenvalue weighted by Crippen LogP contribution is -2.84. The molecule has 33 heavy (non-hydrogen) atoms. The molecule has 1 saturated carbocycles. The van der Waals surface area contributed by atoms with Crippen molar-refractivity contribution >= 4 is 0 Å². The fraction of sp³-hybridized carbons (Fsp3) is 0.429. The highest BCUT2D eigenvalue weighted by molar-refractivity contribution is 5.68. The average molecular weight is 492 g/mol. The lowest BCUT2D eigenvalue weighted by atomic mass is 9.67. The Morgan fingerprint density at radius 3 is 1.48 bits per heavy atom. The predicted molar refractivity (Wildman–Crippen MR) is 94.6 cm³/mol. The van der Waals surface area contributed by atoms with Gasteiger partial charge in [0.1, 0.15) is 0 Å². The van der Waals surface area contributed by atoms with Gasteiger partial charge in [0.25, 0.3) is 5.67 Å². The summed E-state index contributed by atoms with van der Waals surface area (Å²) in [6.45, 7) is 0.450. The minimum absolute atomic E-state index is 0.0574. The van der Waals surface area contributed by atoms with Crippen LogP contribution in [0.2, 0.25) is 0 Å². The molecule has 2 aromatic rings. The first kappa shape index (κ1) is 25.3. The van der Waals surface area contributed by atoms with Crippen LogP contribution in [0.3, 0.4) is 0 Å². The van der Waals surface area contributed by atoms with Crippen molar-refractivity contribution in [3.63, 3.8) is 0 Å². The van der Waals surface area contributed by atoms with Gasteiger partial charge in [0, 0.05) is 6.42 Å². The Hall–Kier alpha value is -2.37. The molecule has 0 saturated heterocycles. The average Bonchev–Trinajstić information content (AvgIpc) is 2.72. The van der Waals surface area contributed by atoms with Crippen LogP contribution in [0, 0.1) is 0 Å². The zero-order chi connectivity index (χ0) is 25.3. The van der Waals surface area contributed by atoms with E-state index in [1.807, 2.05) is 0 Å². The number of hydrogen-bond acceptors (Lipinski definition) is 1. The quantitative estimate of drug-likeness (QED) is 0.463. The molecule has 0 aromatic heterocycles. The van der Waals surface area contributed by atoms with Gasteiger partial charge in [-0.25, -0.2) is 4.39 Å². The fourth-order valence-electron chi connectivity index (χ4n) is 3.90. The summed E-state index contributed by atoms with van der Waals surface area (Å²) < 4.78 is 154. The van der Waals surface area contributed by atoms with Crippen LogP contribution in [0.1, 0.15) is 18.9 Å². The Labute approximate surface area is 179 Å². The van der Waals surface area contributed by atoms with E-state index in [-0.39, 0.29) is 11.1 Å². The molecule has 0 heterocycles. The van der Waals surface area contributed by atoms with Gasteiger partial charge >= 0.3 is 29.6 Å². The summed E-state index contributed by atoms with van der Waals surface area (Å²) in [7, 11) is 0. The van der Waals surface area contributed by atoms with Gasteiger partial charge in [0.05, 0.1) is 5.60 Å². The van der Waals surface area contributed by atoms with Crippen molar-refractivity contribution < 1.29 is 53.4 Å². The summed E-state index contributed by atoms with van der Waals surface area (Å²) in [6, 6.07) is 12.0. The van der Waals surface area contributed by atoms with E-state index in [2.05, 4.69) is 0 Å². The second-order valence-electron chi connectivity index (χ2n) is 8.04. The Morgan fingerprint density at radius 2 is 1.00 bits per heavy atom. The van der Waals surface area contributed by atoms with Crippen molar-refractivity contribution in [2.45, 2.75) is 54.2 Å². The van der Waals surface area contributed by atoms with Gasteiger partial charge in [-0.3, -0.25) is 0 Å². The molecule has 0 radical (unpaired) electrons. The third-order valence-corrected chi connectivity index (χ3v) is 5.75. The zero-order valence-corrected chi connectivity index (χ0v) is 16.5. The number of rotatable bonds is 4. The predicted octanol–water partition coefficient (Wildman–Crippen LogP) is 6.85. The Balaban J connectivity index is 2.21. The lowest BCUT2D eigenvalue weighted by Gasteiger charge is -2.53. The van der Waals surface area contributed by atoms with Crippen LogP contribution in [-0.2, 0) is 5.60 Å². The second kappa shape index (κ2) is 7.07. The molecule has 1 atom stereocenters. The van der Waals surface area contributed by atoms with Crippen molar-refractivity contribution in [1.29, 1.82) is 0 Å². The van der Waals surface area contributed by atoms with Gasteiger partial charge in [-0.15, -0.1) is 0 Å². The van der Waals surface area contributed by atoms with Gasteiger partial charge in [-0.1, -0.05) is 54.6 Å². The Morgan fingerprint density at radius 1 is 0.606 bits per heavy atom. The Kier molecular flexibility index (Phi) is 5.41. The highest BCUT2D eigenvalue weighted by Gasteiger charge is 3.01. The summed E-state index contributed by atoms with van der Waals surface area (Å²) >= 11 is 0. The molecule has 182 valence electrons. The molecule has 1 aliphatic carbocycles. The third kappa shape index (κ3) is 3.01. The molecular formula is C21H15F11O. The summed E-state index contributed by atoms with van der Waals surface area (Å²) in [5, 5.41) is 10.7. The maximum atomic E-state index is 15.2. The number of halogens is 11. The molecule has 0 aliphatic heterocycles. The van der Waals surface area contributed by atoms with E-state index < -0.39 is 52.9 Å². The maximum Gasteiger partial charge on any atom is 0.384 e. The minimum Gasteiger partial charge on any atom is -0.385 e. The van der Waals surface area contributed by atoms with Crippen LogP contribution in [0.5, 0.6) is 0 Å². The van der Waals surface area contributed by atoms with Crippen LogP contribution in [0.4, 0.5) is 48.3 Å². The van der Waals surface area contributed by atoms with E-state index in [9.17, 15) is 49.0 Å². The van der Waals surface area contributed by atoms with Crippen LogP contribution < -0.4 is 0 Å². The van der Waals surface area contributed by atoms with Gasteiger partial charge in [-0.05, 0) is 23.6 Å². The molecule has 2 aromatic carbocycles. The Bertz CT molecular complexity index is 1000. The summed E-state index contributed by atoms with van der Waals surface area (Å²) in [6.07, 6.45) is -2.76. The number of benzene rings is 2. The lowest BCUT2D eigenvalue weighted by molar-refractivity contribution is -0.488. The molecule has 1 unspecified atom stereocenters. The first-order valence-corrected chi connectivity index (χ1v) is 9.25. The SMILES string of the molecule is CC(O)(CC1(F)C(F)(F)C(F)(F)C(F)(F)C(F)(F)C1(F)F)c1ccccc1-c1ccccc1. The van der Waals surface area contributed by atoms with Gasteiger partial charge in [0.15, 0.2) is 0 Å². The van der Waals surface area contributed by atoms with E-state index in [0.717, 1.165) is 12.1 Å². The zero-order valence-electron chi connectivity index (χ0n) is 16.5. The smallest absolute Gasteiger partial charge is 0.384 e. The fourth-order valence-corrected chi connectivity index (χ4v) is 3.90. The van der Waals surface area contributed by atoms with Gasteiger partial charge < -0.3 is 5.11 Å². The second-order valence-corrected chi connectivity index (χ2v) is 8.04. The number of aliphatic hydroxyl groups is 1. The van der Waals surface area contributed by atoms with E-state index >= 15 is 4.39 Å². The monoisotopic (exact) mass is 492 g/mol. The van der Waals surface area contributed by atoms with Crippen LogP contribution in [0.15, 0.2) is 54.6 Å². The van der Waals surface area contributed by atoms with Crippen LogP contribution in [0.25, 0.3) is 11.1 Å². The van der Waals surface area contributed by atoms with E-state index in [1.165, 1.54) is 36.4 Å². The summed E-state index contributed by atoms with van der Waals surface area (Å²) in [5.41, 5.74) is -9.87. The summed E-state index contributed by atoms with van der Waals surface area (Å²) in [4.78, 5) is 0. The maximum absolute atomic E-state index is 15.2. The first-order chi connectivity index (χ1) is 14.8. The molecule has 1 fully saturated rings. The first-order valence-electron chi connectivity index (χ1n) is 9.25. The largest absolute Gasteiger partial charge is 0.385 e. The molecule has 0 bridgehead atoms. The van der Waals surface area contributed by atoms with Crippen molar-refractivity contribution in [3.05, 3.63) is 60.2 Å². The number of hydrogen-bond donors (Lipinski definition) is 1.